The number of hydrogen-bond donors (Lipinski definition) is 3. The predicted molar refractivity (Wildman–Crippen MR) is 34.8 cm³/mol. The Morgan fingerprint density at radius 1 is 1.44 bits per heavy atom. The van der Waals surface area contributed by atoms with Crippen molar-refractivity contribution in [1.82, 2.24) is 0 Å². The lowest BCUT2D eigenvalue weighted by molar-refractivity contribution is 0.0406. The van der Waals surface area contributed by atoms with Crippen molar-refractivity contribution in [3.8, 4) is 0 Å². The molecule has 3 atom stereocenters. The van der Waals surface area contributed by atoms with Crippen LogP contribution in [0.3, 0.4) is 0 Å². The van der Waals surface area contributed by atoms with Crippen molar-refractivity contribution in [2.75, 3.05) is 6.61 Å². The molecule has 3 N–H and O–H groups in total. The molecule has 1 rings (SSSR count). The SMILES string of the molecule is OC[C@@H]1S[CH][C@@H](O)[C@@H]1O. The van der Waals surface area contributed by atoms with Crippen molar-refractivity contribution in [3.63, 3.8) is 0 Å². The van der Waals surface area contributed by atoms with Gasteiger partial charge in [-0.25, -0.2) is 0 Å². The fraction of sp³-hybridized carbons (Fsp3) is 0.800. The zero-order valence-electron chi connectivity index (χ0n) is 4.77. The third-order valence-corrected chi connectivity index (χ3v) is 2.52. The zero-order valence-corrected chi connectivity index (χ0v) is 5.58. The van der Waals surface area contributed by atoms with Gasteiger partial charge in [0, 0.05) is 5.75 Å². The summed E-state index contributed by atoms with van der Waals surface area (Å²) in [7, 11) is 0. The molecule has 0 saturated carbocycles. The van der Waals surface area contributed by atoms with E-state index in [0.29, 0.717) is 0 Å². The first-order valence-electron chi connectivity index (χ1n) is 2.71. The fourth-order valence-corrected chi connectivity index (χ4v) is 1.65. The lowest BCUT2D eigenvalue weighted by Crippen LogP contribution is -2.30. The van der Waals surface area contributed by atoms with E-state index in [-0.39, 0.29) is 11.9 Å². The summed E-state index contributed by atoms with van der Waals surface area (Å²) < 4.78 is 0. The maximum absolute atomic E-state index is 9.00. The molecule has 0 bridgehead atoms. The van der Waals surface area contributed by atoms with Crippen LogP contribution in [0.15, 0.2) is 0 Å². The van der Waals surface area contributed by atoms with E-state index in [2.05, 4.69) is 0 Å². The molecule has 1 fully saturated rings. The molecular formula is C5H9O3S. The summed E-state index contributed by atoms with van der Waals surface area (Å²) in [5.74, 6) is 1.53. The van der Waals surface area contributed by atoms with Gasteiger partial charge in [-0.1, -0.05) is 0 Å². The summed E-state index contributed by atoms with van der Waals surface area (Å²) in [5, 5.41) is 26.2. The normalized spacial score (nSPS) is 43.7. The Morgan fingerprint density at radius 3 is 2.33 bits per heavy atom. The Balaban J connectivity index is 2.41. The molecule has 0 unspecified atom stereocenters. The van der Waals surface area contributed by atoms with Crippen molar-refractivity contribution in [1.29, 1.82) is 0 Å². The summed E-state index contributed by atoms with van der Waals surface area (Å²) >= 11 is 1.28. The molecule has 0 amide bonds. The molecule has 4 heteroatoms. The summed E-state index contributed by atoms with van der Waals surface area (Å²) in [4.78, 5) is 0. The van der Waals surface area contributed by atoms with E-state index in [1.807, 2.05) is 0 Å². The van der Waals surface area contributed by atoms with Gasteiger partial charge in [0.1, 0.15) is 0 Å². The number of hydrogen-bond acceptors (Lipinski definition) is 4. The van der Waals surface area contributed by atoms with Gasteiger partial charge in [0.2, 0.25) is 0 Å². The van der Waals surface area contributed by atoms with Crippen LogP contribution in [0.2, 0.25) is 0 Å². The Bertz CT molecular complexity index is 98.2. The third-order valence-electron chi connectivity index (χ3n) is 1.30. The maximum Gasteiger partial charge on any atom is 0.0951 e. The first-order valence-corrected chi connectivity index (χ1v) is 3.66. The quantitative estimate of drug-likeness (QED) is 0.446. The van der Waals surface area contributed by atoms with E-state index in [9.17, 15) is 0 Å². The van der Waals surface area contributed by atoms with Crippen molar-refractivity contribution >= 4 is 11.8 Å². The van der Waals surface area contributed by atoms with Crippen LogP contribution in [0.5, 0.6) is 0 Å². The van der Waals surface area contributed by atoms with Crippen molar-refractivity contribution in [2.45, 2.75) is 17.5 Å². The van der Waals surface area contributed by atoms with Crippen LogP contribution >= 0.6 is 11.8 Å². The minimum atomic E-state index is -0.792. The van der Waals surface area contributed by atoms with Crippen molar-refractivity contribution in [3.05, 3.63) is 5.75 Å². The topological polar surface area (TPSA) is 60.7 Å². The number of thioether (sulfide) groups is 1. The van der Waals surface area contributed by atoms with Crippen molar-refractivity contribution in [2.24, 2.45) is 0 Å². The monoisotopic (exact) mass is 149 g/mol. The lowest BCUT2D eigenvalue weighted by Gasteiger charge is -2.10. The highest BCUT2D eigenvalue weighted by atomic mass is 32.2. The first kappa shape index (κ1) is 7.34. The second kappa shape index (κ2) is 2.88. The molecule has 1 heterocycles. The molecule has 1 radical (unpaired) electrons. The van der Waals surface area contributed by atoms with Gasteiger partial charge in [0.25, 0.3) is 0 Å². The molecule has 1 aliphatic rings. The van der Waals surface area contributed by atoms with Crippen LogP contribution in [0.25, 0.3) is 0 Å². The van der Waals surface area contributed by atoms with Gasteiger partial charge >= 0.3 is 0 Å². The van der Waals surface area contributed by atoms with Gasteiger partial charge in [0.05, 0.1) is 24.1 Å². The average Bonchev–Trinajstić information content (AvgIpc) is 2.15. The fourth-order valence-electron chi connectivity index (χ4n) is 0.713. The Morgan fingerprint density at radius 2 is 2.11 bits per heavy atom. The second-order valence-corrected chi connectivity index (χ2v) is 3.12. The van der Waals surface area contributed by atoms with Crippen LogP contribution in [0.1, 0.15) is 0 Å². The molecule has 1 saturated heterocycles. The molecular weight excluding hydrogens is 140 g/mol. The number of aliphatic hydroxyl groups excluding tert-OH is 3. The van der Waals surface area contributed by atoms with Crippen LogP contribution in [-0.4, -0.2) is 39.4 Å². The second-order valence-electron chi connectivity index (χ2n) is 1.97. The van der Waals surface area contributed by atoms with Crippen LogP contribution in [-0.2, 0) is 0 Å². The minimum Gasteiger partial charge on any atom is -0.395 e. The van der Waals surface area contributed by atoms with Gasteiger partial charge in [0.15, 0.2) is 0 Å². The molecule has 3 nitrogen and oxygen atoms in total. The summed E-state index contributed by atoms with van der Waals surface area (Å²) in [6.07, 6.45) is -1.56. The van der Waals surface area contributed by atoms with E-state index in [0.717, 1.165) is 0 Å². The van der Waals surface area contributed by atoms with Crippen LogP contribution in [0, 0.1) is 5.75 Å². The average molecular weight is 149 g/mol. The van der Waals surface area contributed by atoms with E-state index in [1.54, 1.807) is 0 Å². The number of aliphatic hydroxyl groups is 3. The van der Waals surface area contributed by atoms with Crippen LogP contribution in [0.4, 0.5) is 0 Å². The van der Waals surface area contributed by atoms with Gasteiger partial charge in [-0.3, -0.25) is 0 Å². The standard InChI is InChI=1S/C5H9O3S/c6-1-4-5(8)3(7)2-9-4/h2-8H,1H2/t3-,4+,5+/m1/s1. The smallest absolute Gasteiger partial charge is 0.0951 e. The number of rotatable bonds is 1. The molecule has 9 heavy (non-hydrogen) atoms. The highest BCUT2D eigenvalue weighted by Crippen LogP contribution is 2.30. The lowest BCUT2D eigenvalue weighted by atomic mass is 10.2. The molecule has 0 aliphatic carbocycles. The Labute approximate surface area is 57.7 Å². The summed E-state index contributed by atoms with van der Waals surface area (Å²) in [6.45, 7) is -0.0839. The Kier molecular flexibility index (Phi) is 2.35. The van der Waals surface area contributed by atoms with Gasteiger partial charge in [-0.15, -0.1) is 11.8 Å². The van der Waals surface area contributed by atoms with E-state index < -0.39 is 12.2 Å². The molecule has 53 valence electrons. The van der Waals surface area contributed by atoms with E-state index in [1.165, 1.54) is 17.5 Å². The van der Waals surface area contributed by atoms with E-state index in [4.69, 9.17) is 15.3 Å². The maximum atomic E-state index is 9.00. The molecule has 0 aromatic carbocycles. The van der Waals surface area contributed by atoms with E-state index >= 15 is 0 Å². The molecule has 0 spiro atoms. The highest BCUT2D eigenvalue weighted by molar-refractivity contribution is 8.02. The van der Waals surface area contributed by atoms with Gasteiger partial charge in [-0.2, -0.15) is 0 Å². The Hall–Kier alpha value is 0.230. The molecule has 0 aromatic heterocycles. The highest BCUT2D eigenvalue weighted by Gasteiger charge is 2.33. The van der Waals surface area contributed by atoms with Gasteiger partial charge < -0.3 is 15.3 Å². The zero-order chi connectivity index (χ0) is 6.85. The van der Waals surface area contributed by atoms with Gasteiger partial charge in [-0.05, 0) is 0 Å². The summed E-state index contributed by atoms with van der Waals surface area (Å²) in [5.41, 5.74) is 0. The largest absolute Gasteiger partial charge is 0.395 e. The predicted octanol–water partition coefficient (Wildman–Crippen LogP) is -1.02. The van der Waals surface area contributed by atoms with Crippen LogP contribution < -0.4 is 0 Å². The third kappa shape index (κ3) is 1.38. The summed E-state index contributed by atoms with van der Waals surface area (Å²) in [6, 6.07) is 0. The minimum absolute atomic E-state index is 0.0839. The molecule has 1 aliphatic heterocycles. The molecule has 0 aromatic rings. The first-order chi connectivity index (χ1) is 4.25. The van der Waals surface area contributed by atoms with Crippen molar-refractivity contribution < 1.29 is 15.3 Å².